The van der Waals surface area contributed by atoms with Crippen molar-refractivity contribution < 1.29 is 0 Å². The average Bonchev–Trinajstić information content (AvgIpc) is 2.94. The zero-order valence-electron chi connectivity index (χ0n) is 9.18. The van der Waals surface area contributed by atoms with Crippen LogP contribution in [-0.4, -0.2) is 15.0 Å². The fourth-order valence-corrected chi connectivity index (χ4v) is 2.56. The summed E-state index contributed by atoms with van der Waals surface area (Å²) < 4.78 is 0. The molecule has 1 aromatic carbocycles. The van der Waals surface area contributed by atoms with E-state index >= 15 is 0 Å². The predicted molar refractivity (Wildman–Crippen MR) is 68.9 cm³/mol. The van der Waals surface area contributed by atoms with Crippen LogP contribution in [0.5, 0.6) is 0 Å². The Balaban J connectivity index is 1.89. The first-order valence-electron chi connectivity index (χ1n) is 5.42. The molecule has 17 heavy (non-hydrogen) atoms. The van der Waals surface area contributed by atoms with Gasteiger partial charge in [-0.05, 0) is 12.1 Å². The molecule has 0 atom stereocenters. The molecular formula is C12H12N4S. The molecule has 0 saturated heterocycles. The van der Waals surface area contributed by atoms with Crippen LogP contribution in [0.3, 0.4) is 0 Å². The summed E-state index contributed by atoms with van der Waals surface area (Å²) in [6, 6.07) is 8.02. The van der Waals surface area contributed by atoms with Crippen LogP contribution in [-0.2, 0) is 13.0 Å². The van der Waals surface area contributed by atoms with Crippen LogP contribution in [0.4, 0.5) is 0 Å². The zero-order chi connectivity index (χ0) is 11.7. The molecule has 86 valence electrons. The number of nitrogens with zero attached hydrogens (tertiary/aromatic N) is 2. The summed E-state index contributed by atoms with van der Waals surface area (Å²) in [6.07, 6.45) is 2.57. The van der Waals surface area contributed by atoms with Gasteiger partial charge < -0.3 is 10.7 Å². The quantitative estimate of drug-likeness (QED) is 0.741. The summed E-state index contributed by atoms with van der Waals surface area (Å²) in [7, 11) is 0. The molecule has 2 aromatic heterocycles. The zero-order valence-corrected chi connectivity index (χ0v) is 10.00. The SMILES string of the molecule is NCc1cnc(Cc2nc3ccccc3[nH]2)s1. The highest BCUT2D eigenvalue weighted by atomic mass is 32.1. The summed E-state index contributed by atoms with van der Waals surface area (Å²) in [6.45, 7) is 0.553. The van der Waals surface area contributed by atoms with E-state index in [1.54, 1.807) is 11.3 Å². The van der Waals surface area contributed by atoms with Crippen molar-refractivity contribution in [3.8, 4) is 0 Å². The molecule has 0 aliphatic heterocycles. The Bertz CT molecular complexity index is 608. The number of rotatable bonds is 3. The van der Waals surface area contributed by atoms with E-state index < -0.39 is 0 Å². The van der Waals surface area contributed by atoms with Crippen molar-refractivity contribution in [2.75, 3.05) is 0 Å². The third kappa shape index (κ3) is 2.07. The van der Waals surface area contributed by atoms with E-state index in [2.05, 4.69) is 15.0 Å². The van der Waals surface area contributed by atoms with E-state index in [9.17, 15) is 0 Å². The van der Waals surface area contributed by atoms with Gasteiger partial charge in [0, 0.05) is 17.6 Å². The van der Waals surface area contributed by atoms with Crippen LogP contribution in [0.15, 0.2) is 30.5 Å². The van der Waals surface area contributed by atoms with Gasteiger partial charge in [-0.1, -0.05) is 12.1 Å². The Morgan fingerprint density at radius 2 is 2.18 bits per heavy atom. The summed E-state index contributed by atoms with van der Waals surface area (Å²) >= 11 is 1.64. The van der Waals surface area contributed by atoms with Crippen LogP contribution in [0.1, 0.15) is 15.7 Å². The van der Waals surface area contributed by atoms with Gasteiger partial charge in [-0.3, -0.25) is 0 Å². The first kappa shape index (κ1) is 10.4. The second-order valence-corrected chi connectivity index (χ2v) is 5.00. The number of thiazole rings is 1. The molecule has 0 saturated carbocycles. The number of para-hydroxylation sites is 2. The van der Waals surface area contributed by atoms with Crippen LogP contribution in [0.2, 0.25) is 0 Å². The molecule has 0 unspecified atom stereocenters. The number of aromatic amines is 1. The number of imidazole rings is 1. The number of nitrogens with one attached hydrogen (secondary N) is 1. The van der Waals surface area contributed by atoms with Crippen molar-refractivity contribution >= 4 is 22.4 Å². The first-order chi connectivity index (χ1) is 8.35. The number of hydrogen-bond acceptors (Lipinski definition) is 4. The van der Waals surface area contributed by atoms with Gasteiger partial charge in [0.1, 0.15) is 10.8 Å². The van der Waals surface area contributed by atoms with Gasteiger partial charge in [0.05, 0.1) is 17.5 Å². The molecule has 3 N–H and O–H groups in total. The highest BCUT2D eigenvalue weighted by molar-refractivity contribution is 7.11. The Labute approximate surface area is 103 Å². The molecule has 2 heterocycles. The van der Waals surface area contributed by atoms with Gasteiger partial charge in [0.2, 0.25) is 0 Å². The molecule has 4 nitrogen and oxygen atoms in total. The fourth-order valence-electron chi connectivity index (χ4n) is 1.76. The van der Waals surface area contributed by atoms with Gasteiger partial charge in [-0.25, -0.2) is 9.97 Å². The van der Waals surface area contributed by atoms with E-state index in [4.69, 9.17) is 5.73 Å². The monoisotopic (exact) mass is 244 g/mol. The number of aromatic nitrogens is 3. The fraction of sp³-hybridized carbons (Fsp3) is 0.167. The maximum Gasteiger partial charge on any atom is 0.114 e. The molecule has 0 aliphatic rings. The third-order valence-electron chi connectivity index (χ3n) is 2.56. The van der Waals surface area contributed by atoms with Gasteiger partial charge in [0.25, 0.3) is 0 Å². The second-order valence-electron chi connectivity index (χ2n) is 3.80. The van der Waals surface area contributed by atoms with E-state index in [0.717, 1.165) is 33.2 Å². The molecule has 0 radical (unpaired) electrons. The van der Waals surface area contributed by atoms with E-state index in [1.807, 2.05) is 30.5 Å². The lowest BCUT2D eigenvalue weighted by atomic mass is 10.3. The number of H-pyrrole nitrogens is 1. The van der Waals surface area contributed by atoms with Crippen LogP contribution >= 0.6 is 11.3 Å². The lowest BCUT2D eigenvalue weighted by Crippen LogP contribution is -1.91. The minimum absolute atomic E-state index is 0.553. The van der Waals surface area contributed by atoms with Crippen molar-refractivity contribution in [3.05, 3.63) is 46.2 Å². The molecule has 3 aromatic rings. The Kier molecular flexibility index (Phi) is 2.62. The van der Waals surface area contributed by atoms with Crippen molar-refractivity contribution in [2.24, 2.45) is 5.73 Å². The Morgan fingerprint density at radius 1 is 1.29 bits per heavy atom. The minimum Gasteiger partial charge on any atom is -0.342 e. The van der Waals surface area contributed by atoms with E-state index in [1.165, 1.54) is 0 Å². The summed E-state index contributed by atoms with van der Waals surface area (Å²) in [4.78, 5) is 13.3. The topological polar surface area (TPSA) is 67.6 Å². The van der Waals surface area contributed by atoms with Crippen LogP contribution in [0.25, 0.3) is 11.0 Å². The molecule has 3 rings (SSSR count). The molecule has 5 heteroatoms. The van der Waals surface area contributed by atoms with Crippen LogP contribution < -0.4 is 5.73 Å². The maximum absolute atomic E-state index is 5.56. The Hall–Kier alpha value is -1.72. The highest BCUT2D eigenvalue weighted by Crippen LogP contribution is 2.17. The lowest BCUT2D eigenvalue weighted by molar-refractivity contribution is 1.02. The summed E-state index contributed by atoms with van der Waals surface area (Å²) in [5.74, 6) is 0.948. The molecule has 0 aliphatic carbocycles. The van der Waals surface area contributed by atoms with E-state index in [-0.39, 0.29) is 0 Å². The molecule has 0 amide bonds. The van der Waals surface area contributed by atoms with Crippen molar-refractivity contribution in [2.45, 2.75) is 13.0 Å². The number of nitrogens with two attached hydrogens (primary N) is 1. The molecular weight excluding hydrogens is 232 g/mol. The summed E-state index contributed by atoms with van der Waals surface area (Å²) in [5.41, 5.74) is 7.63. The van der Waals surface area contributed by atoms with Crippen molar-refractivity contribution in [1.29, 1.82) is 0 Å². The number of hydrogen-bond donors (Lipinski definition) is 2. The predicted octanol–water partition coefficient (Wildman–Crippen LogP) is 2.07. The smallest absolute Gasteiger partial charge is 0.114 e. The Morgan fingerprint density at radius 3 is 2.94 bits per heavy atom. The molecule has 0 fully saturated rings. The van der Waals surface area contributed by atoms with Gasteiger partial charge in [-0.2, -0.15) is 0 Å². The highest BCUT2D eigenvalue weighted by Gasteiger charge is 2.06. The van der Waals surface area contributed by atoms with Gasteiger partial charge >= 0.3 is 0 Å². The lowest BCUT2D eigenvalue weighted by Gasteiger charge is -1.90. The standard InChI is InChI=1S/C12H12N4S/c13-6-8-7-14-12(17-8)5-11-15-9-3-1-2-4-10(9)16-11/h1-4,7H,5-6,13H2,(H,15,16). The normalized spacial score (nSPS) is 11.1. The summed E-state index contributed by atoms with van der Waals surface area (Å²) in [5, 5.41) is 1.05. The number of benzene rings is 1. The van der Waals surface area contributed by atoms with Crippen molar-refractivity contribution in [1.82, 2.24) is 15.0 Å². The molecule has 0 bridgehead atoms. The number of fused-ring (bicyclic) bond motifs is 1. The van der Waals surface area contributed by atoms with Crippen LogP contribution in [0, 0.1) is 0 Å². The van der Waals surface area contributed by atoms with E-state index in [0.29, 0.717) is 6.54 Å². The van der Waals surface area contributed by atoms with Crippen molar-refractivity contribution in [3.63, 3.8) is 0 Å². The average molecular weight is 244 g/mol. The second kappa shape index (κ2) is 4.27. The minimum atomic E-state index is 0.553. The third-order valence-corrected chi connectivity index (χ3v) is 3.58. The van der Waals surface area contributed by atoms with Gasteiger partial charge in [0.15, 0.2) is 0 Å². The van der Waals surface area contributed by atoms with Gasteiger partial charge in [-0.15, -0.1) is 11.3 Å². The largest absolute Gasteiger partial charge is 0.342 e. The first-order valence-corrected chi connectivity index (χ1v) is 6.24. The molecule has 0 spiro atoms. The maximum atomic E-state index is 5.56.